The summed E-state index contributed by atoms with van der Waals surface area (Å²) in [5.74, 6) is -0.784. The molecule has 5 nitrogen and oxygen atoms in total. The summed E-state index contributed by atoms with van der Waals surface area (Å²) in [4.78, 5) is 23.7. The van der Waals surface area contributed by atoms with Crippen molar-refractivity contribution >= 4 is 11.8 Å². The predicted molar refractivity (Wildman–Crippen MR) is 85.6 cm³/mol. The highest BCUT2D eigenvalue weighted by Gasteiger charge is 2.29. The van der Waals surface area contributed by atoms with Gasteiger partial charge in [0.25, 0.3) is 0 Å². The minimum Gasteiger partial charge on any atom is -0.369 e. The molecule has 0 spiro atoms. The summed E-state index contributed by atoms with van der Waals surface area (Å²) < 4.78 is 0. The first-order valence-corrected chi connectivity index (χ1v) is 7.89. The molecule has 1 saturated carbocycles. The molecule has 1 aromatic carbocycles. The van der Waals surface area contributed by atoms with Gasteiger partial charge in [-0.3, -0.25) is 9.59 Å². The Morgan fingerprint density at radius 1 is 1.23 bits per heavy atom. The Morgan fingerprint density at radius 2 is 1.91 bits per heavy atom. The lowest BCUT2D eigenvalue weighted by atomic mass is 9.84. The van der Waals surface area contributed by atoms with Crippen LogP contribution >= 0.6 is 0 Å². The van der Waals surface area contributed by atoms with Gasteiger partial charge >= 0.3 is 0 Å². The van der Waals surface area contributed by atoms with E-state index < -0.39 is 0 Å². The first-order valence-electron chi connectivity index (χ1n) is 7.89. The lowest BCUT2D eigenvalue weighted by Gasteiger charge is -2.30. The standard InChI is InChI=1S/C17H25N3O2/c1-11(15(18)12-6-3-2-4-7-12)17(22)20-14-9-5-8-13(10-14)16(19)21/h2-4,6-7,11,13-15H,5,8-10,18H2,1H3,(H2,19,21)(H,20,22). The van der Waals surface area contributed by atoms with Crippen molar-refractivity contribution in [1.29, 1.82) is 0 Å². The molecule has 0 aromatic heterocycles. The van der Waals surface area contributed by atoms with E-state index in [0.717, 1.165) is 24.8 Å². The number of nitrogens with one attached hydrogen (secondary N) is 1. The Morgan fingerprint density at radius 3 is 2.55 bits per heavy atom. The Labute approximate surface area is 131 Å². The molecule has 4 unspecified atom stereocenters. The fourth-order valence-corrected chi connectivity index (χ4v) is 3.04. The molecule has 2 rings (SSSR count). The average molecular weight is 303 g/mol. The van der Waals surface area contributed by atoms with Crippen LogP contribution in [0.4, 0.5) is 0 Å². The van der Waals surface area contributed by atoms with Crippen LogP contribution in [0.15, 0.2) is 30.3 Å². The Kier molecular flexibility index (Phi) is 5.55. The van der Waals surface area contributed by atoms with Gasteiger partial charge in [0.2, 0.25) is 11.8 Å². The summed E-state index contributed by atoms with van der Waals surface area (Å²) >= 11 is 0. The Hall–Kier alpha value is -1.88. The van der Waals surface area contributed by atoms with E-state index in [2.05, 4.69) is 5.32 Å². The van der Waals surface area contributed by atoms with E-state index in [1.807, 2.05) is 37.3 Å². The van der Waals surface area contributed by atoms with Gasteiger partial charge in [-0.1, -0.05) is 43.7 Å². The third-order valence-electron chi connectivity index (χ3n) is 4.56. The van der Waals surface area contributed by atoms with Gasteiger partial charge in [0.15, 0.2) is 0 Å². The predicted octanol–water partition coefficient (Wildman–Crippen LogP) is 1.48. The largest absolute Gasteiger partial charge is 0.369 e. The first-order chi connectivity index (χ1) is 10.5. The van der Waals surface area contributed by atoms with E-state index in [0.29, 0.717) is 6.42 Å². The van der Waals surface area contributed by atoms with Crippen LogP contribution in [-0.2, 0) is 9.59 Å². The number of amides is 2. The average Bonchev–Trinajstić information content (AvgIpc) is 2.54. The first kappa shape index (κ1) is 16.5. The molecule has 1 aromatic rings. The van der Waals surface area contributed by atoms with Gasteiger partial charge in [-0.2, -0.15) is 0 Å². The molecule has 120 valence electrons. The van der Waals surface area contributed by atoms with E-state index in [1.165, 1.54) is 0 Å². The van der Waals surface area contributed by atoms with E-state index >= 15 is 0 Å². The maximum Gasteiger partial charge on any atom is 0.224 e. The molecule has 2 amide bonds. The van der Waals surface area contributed by atoms with Gasteiger partial charge in [0.1, 0.15) is 0 Å². The lowest BCUT2D eigenvalue weighted by molar-refractivity contribution is -0.128. The van der Waals surface area contributed by atoms with Crippen molar-refractivity contribution in [2.75, 3.05) is 0 Å². The molecule has 1 aliphatic rings. The SMILES string of the molecule is CC(C(=O)NC1CCCC(C(N)=O)C1)C(N)c1ccccc1. The van der Waals surface area contributed by atoms with Crippen molar-refractivity contribution in [3.63, 3.8) is 0 Å². The van der Waals surface area contributed by atoms with Crippen LogP contribution in [0, 0.1) is 11.8 Å². The van der Waals surface area contributed by atoms with Crippen molar-refractivity contribution in [3.8, 4) is 0 Å². The van der Waals surface area contributed by atoms with Crippen LogP contribution in [0.2, 0.25) is 0 Å². The highest BCUT2D eigenvalue weighted by Crippen LogP contribution is 2.25. The molecule has 0 bridgehead atoms. The molecular weight excluding hydrogens is 278 g/mol. The molecule has 0 heterocycles. The monoisotopic (exact) mass is 303 g/mol. The van der Waals surface area contributed by atoms with Crippen molar-refractivity contribution in [2.24, 2.45) is 23.3 Å². The summed E-state index contributed by atoms with van der Waals surface area (Å²) in [6, 6.07) is 9.29. The van der Waals surface area contributed by atoms with Crippen LogP contribution in [0.1, 0.15) is 44.2 Å². The van der Waals surface area contributed by atoms with Crippen molar-refractivity contribution in [2.45, 2.75) is 44.7 Å². The maximum absolute atomic E-state index is 12.4. The molecule has 0 radical (unpaired) electrons. The van der Waals surface area contributed by atoms with Gasteiger partial charge in [0.05, 0.1) is 5.92 Å². The number of carbonyl (C=O) groups excluding carboxylic acids is 2. The van der Waals surface area contributed by atoms with Gasteiger partial charge < -0.3 is 16.8 Å². The van der Waals surface area contributed by atoms with Crippen molar-refractivity contribution in [1.82, 2.24) is 5.32 Å². The number of carbonyl (C=O) groups is 2. The van der Waals surface area contributed by atoms with Gasteiger partial charge in [0, 0.05) is 18.0 Å². The summed E-state index contributed by atoms with van der Waals surface area (Å²) in [6.45, 7) is 1.83. The van der Waals surface area contributed by atoms with Crippen LogP contribution in [0.5, 0.6) is 0 Å². The number of hydrogen-bond acceptors (Lipinski definition) is 3. The summed E-state index contributed by atoms with van der Waals surface area (Å²) in [5, 5.41) is 3.03. The van der Waals surface area contributed by atoms with Crippen molar-refractivity contribution in [3.05, 3.63) is 35.9 Å². The molecule has 4 atom stereocenters. The van der Waals surface area contributed by atoms with E-state index in [1.54, 1.807) is 0 Å². The fourth-order valence-electron chi connectivity index (χ4n) is 3.04. The topological polar surface area (TPSA) is 98.2 Å². The van der Waals surface area contributed by atoms with E-state index in [4.69, 9.17) is 11.5 Å². The number of nitrogens with two attached hydrogens (primary N) is 2. The quantitative estimate of drug-likeness (QED) is 0.768. The van der Waals surface area contributed by atoms with Crippen LogP contribution < -0.4 is 16.8 Å². The number of primary amides is 1. The third-order valence-corrected chi connectivity index (χ3v) is 4.56. The van der Waals surface area contributed by atoms with Crippen molar-refractivity contribution < 1.29 is 9.59 Å². The summed E-state index contributed by atoms with van der Waals surface area (Å²) in [5.41, 5.74) is 12.5. The lowest BCUT2D eigenvalue weighted by Crippen LogP contribution is -2.44. The minimum atomic E-state index is -0.336. The number of benzene rings is 1. The molecule has 1 aliphatic carbocycles. The second-order valence-corrected chi connectivity index (χ2v) is 6.20. The third kappa shape index (κ3) is 4.07. The zero-order valence-corrected chi connectivity index (χ0v) is 13.0. The minimum absolute atomic E-state index is 0.0178. The second-order valence-electron chi connectivity index (χ2n) is 6.20. The molecule has 22 heavy (non-hydrogen) atoms. The van der Waals surface area contributed by atoms with Gasteiger partial charge in [-0.15, -0.1) is 0 Å². The Bertz CT molecular complexity index is 518. The molecular formula is C17H25N3O2. The maximum atomic E-state index is 12.4. The summed E-state index contributed by atoms with van der Waals surface area (Å²) in [7, 11) is 0. The van der Waals surface area contributed by atoms with Gasteiger partial charge in [-0.25, -0.2) is 0 Å². The second kappa shape index (κ2) is 7.40. The summed E-state index contributed by atoms with van der Waals surface area (Å²) in [6.07, 6.45) is 3.26. The zero-order valence-electron chi connectivity index (χ0n) is 13.0. The fraction of sp³-hybridized carbons (Fsp3) is 0.529. The van der Waals surface area contributed by atoms with Crippen LogP contribution in [0.3, 0.4) is 0 Å². The zero-order chi connectivity index (χ0) is 16.1. The smallest absolute Gasteiger partial charge is 0.224 e. The van der Waals surface area contributed by atoms with Crippen LogP contribution in [0.25, 0.3) is 0 Å². The molecule has 0 aliphatic heterocycles. The number of hydrogen-bond donors (Lipinski definition) is 3. The van der Waals surface area contributed by atoms with E-state index in [9.17, 15) is 9.59 Å². The van der Waals surface area contributed by atoms with E-state index in [-0.39, 0.29) is 35.7 Å². The highest BCUT2D eigenvalue weighted by atomic mass is 16.2. The Balaban J connectivity index is 1.92. The normalized spacial score (nSPS) is 24.3. The molecule has 1 fully saturated rings. The highest BCUT2D eigenvalue weighted by molar-refractivity contribution is 5.80. The number of rotatable bonds is 5. The molecule has 5 N–H and O–H groups in total. The molecule has 0 saturated heterocycles. The molecule has 5 heteroatoms. The van der Waals surface area contributed by atoms with Gasteiger partial charge in [-0.05, 0) is 24.8 Å². The van der Waals surface area contributed by atoms with Crippen LogP contribution in [-0.4, -0.2) is 17.9 Å².